The van der Waals surface area contributed by atoms with E-state index in [-0.39, 0.29) is 17.9 Å². The van der Waals surface area contributed by atoms with Crippen LogP contribution in [0.5, 0.6) is 0 Å². The van der Waals surface area contributed by atoms with Crippen molar-refractivity contribution >= 4 is 40.5 Å². The predicted molar refractivity (Wildman–Crippen MR) is 111 cm³/mol. The molecule has 1 aromatic heterocycles. The number of rotatable bonds is 3. The second kappa shape index (κ2) is 9.06. The van der Waals surface area contributed by atoms with Gasteiger partial charge in [-0.3, -0.25) is 10.4 Å². The first-order valence-electron chi connectivity index (χ1n) is 9.41. The number of urea groups is 1. The fraction of sp³-hybridized carbons (Fsp3) is 0.200. The minimum Gasteiger partial charge on any atom is -0.475 e. The van der Waals surface area contributed by atoms with Crippen LogP contribution in [-0.2, 0) is 11.3 Å². The van der Waals surface area contributed by atoms with E-state index in [1.165, 1.54) is 0 Å². The molecule has 174 valence electrons. The molecular formula is C20H18F3N5O5. The zero-order valence-corrected chi connectivity index (χ0v) is 17.0. The molecule has 0 fully saturated rings. The van der Waals surface area contributed by atoms with Crippen LogP contribution in [0, 0.1) is 0 Å². The lowest BCUT2D eigenvalue weighted by atomic mass is 10.0. The van der Waals surface area contributed by atoms with E-state index in [0.29, 0.717) is 23.1 Å². The number of amides is 3. The van der Waals surface area contributed by atoms with Gasteiger partial charge in [0, 0.05) is 11.1 Å². The second-order valence-corrected chi connectivity index (χ2v) is 7.00. The fourth-order valence-electron chi connectivity index (χ4n) is 3.22. The molecule has 5 N–H and O–H groups in total. The van der Waals surface area contributed by atoms with E-state index < -0.39 is 18.2 Å². The number of halogens is 3. The molecule has 0 saturated carbocycles. The Balaban J connectivity index is 0.000000383. The minimum atomic E-state index is -5.08. The Morgan fingerprint density at radius 3 is 2.39 bits per heavy atom. The Hall–Kier alpha value is -4.29. The molecule has 1 aliphatic rings. The van der Waals surface area contributed by atoms with Crippen molar-refractivity contribution in [3.63, 3.8) is 0 Å². The number of carbonyl (C=O) groups is 3. The summed E-state index contributed by atoms with van der Waals surface area (Å²) < 4.78 is 31.7. The van der Waals surface area contributed by atoms with Crippen LogP contribution >= 0.6 is 0 Å². The van der Waals surface area contributed by atoms with E-state index in [0.717, 1.165) is 11.1 Å². The molecule has 33 heavy (non-hydrogen) atoms. The number of hydrogen-bond donors (Lipinski definition) is 5. The Kier molecular flexibility index (Phi) is 6.42. The standard InChI is InChI=1S/C18H17N5O3.C2HF3O2/c1-10(11-5-3-2-4-6-11)23-9-12-7-13-15(8-14(12)19-17(23)24)21-22-16(13)20-18(25)26;3-2(4,5)1(6)7/h2-8,10H,9H2,1H3,(H,19,24)(H,25,26)(H2,20,21,22);(H,6,7). The van der Waals surface area contributed by atoms with Gasteiger partial charge < -0.3 is 20.4 Å². The van der Waals surface area contributed by atoms with Crippen molar-refractivity contribution in [3.05, 3.63) is 53.6 Å². The third-order valence-corrected chi connectivity index (χ3v) is 4.85. The largest absolute Gasteiger partial charge is 0.490 e. The summed E-state index contributed by atoms with van der Waals surface area (Å²) in [6, 6.07) is 13.2. The first kappa shape index (κ1) is 23.4. The smallest absolute Gasteiger partial charge is 0.475 e. The number of anilines is 2. The SMILES string of the molecule is CC(c1ccccc1)N1Cc2cc3c(NC(=O)O)n[nH]c3cc2NC1=O.O=C(O)C(F)(F)F. The van der Waals surface area contributed by atoms with Gasteiger partial charge in [-0.2, -0.15) is 18.3 Å². The van der Waals surface area contributed by atoms with Crippen molar-refractivity contribution in [1.29, 1.82) is 0 Å². The van der Waals surface area contributed by atoms with Crippen molar-refractivity contribution in [1.82, 2.24) is 15.1 Å². The van der Waals surface area contributed by atoms with Gasteiger partial charge in [0.2, 0.25) is 0 Å². The highest BCUT2D eigenvalue weighted by Gasteiger charge is 2.38. The number of carboxylic acids is 1. The van der Waals surface area contributed by atoms with Gasteiger partial charge in [-0.25, -0.2) is 14.4 Å². The van der Waals surface area contributed by atoms with Gasteiger partial charge >= 0.3 is 24.3 Å². The molecule has 1 aliphatic heterocycles. The van der Waals surface area contributed by atoms with Crippen molar-refractivity contribution in [3.8, 4) is 0 Å². The van der Waals surface area contributed by atoms with E-state index in [9.17, 15) is 22.8 Å². The van der Waals surface area contributed by atoms with Crippen LogP contribution in [0.4, 0.5) is 34.3 Å². The summed E-state index contributed by atoms with van der Waals surface area (Å²) in [6.07, 6.45) is -6.26. The molecule has 13 heteroatoms. The molecule has 0 radical (unpaired) electrons. The average molecular weight is 465 g/mol. The molecule has 0 bridgehead atoms. The quantitative estimate of drug-likeness (QED) is 0.387. The monoisotopic (exact) mass is 465 g/mol. The maximum absolute atomic E-state index is 12.6. The molecule has 1 unspecified atom stereocenters. The molecule has 2 heterocycles. The lowest BCUT2D eigenvalue weighted by Gasteiger charge is -2.34. The second-order valence-electron chi connectivity index (χ2n) is 7.00. The van der Waals surface area contributed by atoms with Gasteiger partial charge in [-0.15, -0.1) is 0 Å². The summed E-state index contributed by atoms with van der Waals surface area (Å²) in [5.74, 6) is -2.51. The average Bonchev–Trinajstić information content (AvgIpc) is 3.12. The number of carbonyl (C=O) groups excluding carboxylic acids is 1. The van der Waals surface area contributed by atoms with Gasteiger partial charge in [-0.05, 0) is 30.2 Å². The molecule has 4 rings (SSSR count). The van der Waals surface area contributed by atoms with E-state index in [1.807, 2.05) is 43.3 Å². The molecule has 10 nitrogen and oxygen atoms in total. The maximum Gasteiger partial charge on any atom is 0.490 e. The van der Waals surface area contributed by atoms with Gasteiger partial charge in [0.25, 0.3) is 0 Å². The molecule has 1 atom stereocenters. The fourth-order valence-corrected chi connectivity index (χ4v) is 3.22. The third-order valence-electron chi connectivity index (χ3n) is 4.85. The van der Waals surface area contributed by atoms with Crippen LogP contribution in [-0.4, -0.2) is 49.6 Å². The molecule has 3 amide bonds. The highest BCUT2D eigenvalue weighted by Crippen LogP contribution is 2.34. The third kappa shape index (κ3) is 5.31. The van der Waals surface area contributed by atoms with Crippen LogP contribution in [0.1, 0.15) is 24.1 Å². The lowest BCUT2D eigenvalue weighted by Crippen LogP contribution is -2.40. The first-order valence-corrected chi connectivity index (χ1v) is 9.41. The predicted octanol–water partition coefficient (Wildman–Crippen LogP) is 4.39. The van der Waals surface area contributed by atoms with Crippen LogP contribution in [0.3, 0.4) is 0 Å². The molecule has 0 aliphatic carbocycles. The zero-order valence-electron chi connectivity index (χ0n) is 17.0. The topological polar surface area (TPSA) is 148 Å². The van der Waals surface area contributed by atoms with Crippen LogP contribution in [0.25, 0.3) is 10.9 Å². The summed E-state index contributed by atoms with van der Waals surface area (Å²) >= 11 is 0. The van der Waals surface area contributed by atoms with Crippen molar-refractivity contribution in [2.45, 2.75) is 25.7 Å². The summed E-state index contributed by atoms with van der Waals surface area (Å²) in [5.41, 5.74) is 3.29. The number of aromatic amines is 1. The lowest BCUT2D eigenvalue weighted by molar-refractivity contribution is -0.192. The van der Waals surface area contributed by atoms with Crippen molar-refractivity contribution in [2.75, 3.05) is 10.6 Å². The van der Waals surface area contributed by atoms with E-state index in [1.54, 1.807) is 11.0 Å². The van der Waals surface area contributed by atoms with Gasteiger partial charge in [-0.1, -0.05) is 30.3 Å². The number of hydrogen-bond acceptors (Lipinski definition) is 4. The van der Waals surface area contributed by atoms with Gasteiger partial charge in [0.1, 0.15) is 0 Å². The van der Waals surface area contributed by atoms with Crippen LogP contribution in [0.15, 0.2) is 42.5 Å². The number of benzene rings is 2. The number of carboxylic acid groups (broad SMARTS) is 2. The number of aromatic nitrogens is 2. The molecule has 3 aromatic rings. The Bertz CT molecular complexity index is 1200. The van der Waals surface area contributed by atoms with Gasteiger partial charge in [0.05, 0.1) is 18.1 Å². The normalized spacial score (nSPS) is 13.9. The number of nitrogens with zero attached hydrogens (tertiary/aromatic N) is 2. The number of fused-ring (bicyclic) bond motifs is 2. The van der Waals surface area contributed by atoms with E-state index in [4.69, 9.17) is 15.0 Å². The summed E-state index contributed by atoms with van der Waals surface area (Å²) in [6.45, 7) is 2.40. The number of nitrogens with one attached hydrogen (secondary N) is 3. The molecule has 0 spiro atoms. The van der Waals surface area contributed by atoms with E-state index >= 15 is 0 Å². The molecular weight excluding hydrogens is 447 g/mol. The molecule has 2 aromatic carbocycles. The Labute approximate surface area is 184 Å². The van der Waals surface area contributed by atoms with E-state index in [2.05, 4.69) is 20.8 Å². The summed E-state index contributed by atoms with van der Waals surface area (Å²) in [5, 5.41) is 28.7. The Morgan fingerprint density at radius 1 is 1.18 bits per heavy atom. The minimum absolute atomic E-state index is 0.0963. The molecule has 0 saturated heterocycles. The maximum atomic E-state index is 12.6. The Morgan fingerprint density at radius 2 is 1.82 bits per heavy atom. The number of aliphatic carboxylic acids is 1. The first-order chi connectivity index (χ1) is 15.5. The van der Waals surface area contributed by atoms with Crippen LogP contribution < -0.4 is 10.6 Å². The zero-order chi connectivity index (χ0) is 24.3. The summed E-state index contributed by atoms with van der Waals surface area (Å²) in [4.78, 5) is 34.1. The summed E-state index contributed by atoms with van der Waals surface area (Å²) in [7, 11) is 0. The highest BCUT2D eigenvalue weighted by molar-refractivity contribution is 6.01. The number of H-pyrrole nitrogens is 1. The number of alkyl halides is 3. The van der Waals surface area contributed by atoms with Crippen molar-refractivity contribution in [2.24, 2.45) is 0 Å². The van der Waals surface area contributed by atoms with Crippen molar-refractivity contribution < 1.29 is 37.8 Å². The van der Waals surface area contributed by atoms with Crippen LogP contribution in [0.2, 0.25) is 0 Å². The highest BCUT2D eigenvalue weighted by atomic mass is 19.4. The van der Waals surface area contributed by atoms with Gasteiger partial charge in [0.15, 0.2) is 5.82 Å².